The van der Waals surface area contributed by atoms with Gasteiger partial charge in [0, 0.05) is 18.8 Å². The van der Waals surface area contributed by atoms with E-state index < -0.39 is 23.7 Å². The minimum absolute atomic E-state index is 0.177. The summed E-state index contributed by atoms with van der Waals surface area (Å²) in [5.41, 5.74) is 2.96. The fraction of sp³-hybridized carbons (Fsp3) is 0.481. The molecule has 0 saturated carbocycles. The van der Waals surface area contributed by atoms with Crippen LogP contribution in [0.15, 0.2) is 36.4 Å². The summed E-state index contributed by atoms with van der Waals surface area (Å²) in [5, 5.41) is 15.1. The summed E-state index contributed by atoms with van der Waals surface area (Å²) in [4.78, 5) is 26.4. The van der Waals surface area contributed by atoms with Crippen LogP contribution in [0, 0.1) is 24.6 Å². The molecule has 186 valence electrons. The Kier molecular flexibility index (Phi) is 9.90. The molecule has 0 aliphatic rings. The molecule has 1 atom stereocenters. The molecule has 0 fully saturated rings. The number of nitrogens with one attached hydrogen (secondary N) is 2. The molecule has 34 heavy (non-hydrogen) atoms. The van der Waals surface area contributed by atoms with E-state index in [4.69, 9.17) is 0 Å². The minimum Gasteiger partial charge on any atom is -0.481 e. The highest BCUT2D eigenvalue weighted by Gasteiger charge is 2.23. The van der Waals surface area contributed by atoms with E-state index in [1.54, 1.807) is 6.07 Å². The van der Waals surface area contributed by atoms with Gasteiger partial charge in [0.05, 0.1) is 17.8 Å². The van der Waals surface area contributed by atoms with Crippen molar-refractivity contribution >= 4 is 29.1 Å². The Morgan fingerprint density at radius 3 is 2.12 bits per heavy atom. The standard InChI is InChI=1S/C27H38FN3O3/c1-7-20(12-26(32)33)21-13-24(30-27(34)29-23-11-9-8-10-19(23)6)25(14-22(21)28)31(15-17(2)3)16-18(4)5/h8-11,13-14,17-18,20H,7,12,15-16H2,1-6H3,(H,32,33)(H2,29,30,34). The van der Waals surface area contributed by atoms with Gasteiger partial charge in [-0.3, -0.25) is 4.79 Å². The van der Waals surface area contributed by atoms with E-state index in [2.05, 4.69) is 43.2 Å². The van der Waals surface area contributed by atoms with Gasteiger partial charge in [0.15, 0.2) is 0 Å². The Morgan fingerprint density at radius 2 is 1.59 bits per heavy atom. The number of urea groups is 1. The summed E-state index contributed by atoms with van der Waals surface area (Å²) in [5.74, 6) is -1.28. The van der Waals surface area contributed by atoms with Crippen LogP contribution in [0.5, 0.6) is 0 Å². The lowest BCUT2D eigenvalue weighted by atomic mass is 9.91. The van der Waals surface area contributed by atoms with Crippen molar-refractivity contribution in [1.29, 1.82) is 0 Å². The van der Waals surface area contributed by atoms with Gasteiger partial charge in [0.25, 0.3) is 0 Å². The Balaban J connectivity index is 2.52. The second kappa shape index (κ2) is 12.4. The van der Waals surface area contributed by atoms with Gasteiger partial charge in [-0.15, -0.1) is 0 Å². The van der Waals surface area contributed by atoms with Gasteiger partial charge in [-0.05, 0) is 60.4 Å². The number of halogens is 1. The average Bonchev–Trinajstić information content (AvgIpc) is 2.73. The Hall–Kier alpha value is -3.09. The number of carbonyl (C=O) groups is 2. The van der Waals surface area contributed by atoms with Crippen LogP contribution in [0.3, 0.4) is 0 Å². The molecule has 0 aromatic heterocycles. The van der Waals surface area contributed by atoms with Crippen LogP contribution in [0.1, 0.15) is 64.5 Å². The maximum atomic E-state index is 15.3. The van der Waals surface area contributed by atoms with E-state index in [9.17, 15) is 14.7 Å². The van der Waals surface area contributed by atoms with Crippen LogP contribution in [-0.2, 0) is 4.79 Å². The predicted octanol–water partition coefficient (Wildman–Crippen LogP) is 6.86. The molecule has 0 heterocycles. The number of aryl methyl sites for hydroxylation is 1. The van der Waals surface area contributed by atoms with Crippen LogP contribution in [0.2, 0.25) is 0 Å². The highest BCUT2D eigenvalue weighted by Crippen LogP contribution is 2.36. The molecule has 2 rings (SSSR count). The van der Waals surface area contributed by atoms with E-state index >= 15 is 4.39 Å². The van der Waals surface area contributed by atoms with Crippen LogP contribution in [0.4, 0.5) is 26.2 Å². The van der Waals surface area contributed by atoms with E-state index in [1.807, 2.05) is 38.1 Å². The quantitative estimate of drug-likeness (QED) is 0.334. The number of hydrogen-bond donors (Lipinski definition) is 3. The zero-order chi connectivity index (χ0) is 25.4. The fourth-order valence-corrected chi connectivity index (χ4v) is 4.08. The SMILES string of the molecule is CCC(CC(=O)O)c1cc(NC(=O)Nc2ccccc2C)c(N(CC(C)C)CC(C)C)cc1F. The topological polar surface area (TPSA) is 81.7 Å². The third kappa shape index (κ3) is 7.75. The number of carboxylic acids is 1. The maximum absolute atomic E-state index is 15.3. The van der Waals surface area contributed by atoms with E-state index in [0.29, 0.717) is 54.0 Å². The molecule has 0 spiro atoms. The molecule has 2 aromatic carbocycles. The second-order valence-corrected chi connectivity index (χ2v) is 9.68. The molecule has 0 bridgehead atoms. The van der Waals surface area contributed by atoms with Gasteiger partial charge in [-0.1, -0.05) is 52.8 Å². The largest absolute Gasteiger partial charge is 0.481 e. The zero-order valence-electron chi connectivity index (χ0n) is 21.1. The third-order valence-corrected chi connectivity index (χ3v) is 5.62. The number of carbonyl (C=O) groups excluding carboxylic acids is 1. The van der Waals surface area contributed by atoms with Gasteiger partial charge >= 0.3 is 12.0 Å². The second-order valence-electron chi connectivity index (χ2n) is 9.68. The number of benzene rings is 2. The van der Waals surface area contributed by atoms with Crippen LogP contribution >= 0.6 is 0 Å². The lowest BCUT2D eigenvalue weighted by molar-refractivity contribution is -0.137. The molecule has 2 aromatic rings. The van der Waals surface area contributed by atoms with Crippen LogP contribution < -0.4 is 15.5 Å². The summed E-state index contributed by atoms with van der Waals surface area (Å²) < 4.78 is 15.3. The summed E-state index contributed by atoms with van der Waals surface area (Å²) >= 11 is 0. The first-order valence-corrected chi connectivity index (χ1v) is 12.0. The van der Waals surface area contributed by atoms with Crippen molar-refractivity contribution in [2.45, 2.75) is 60.3 Å². The highest BCUT2D eigenvalue weighted by molar-refractivity contribution is 6.02. The summed E-state index contributed by atoms with van der Waals surface area (Å²) in [6.45, 7) is 13.5. The minimum atomic E-state index is -0.983. The molecule has 6 nitrogen and oxygen atoms in total. The van der Waals surface area contributed by atoms with E-state index in [1.165, 1.54) is 6.07 Å². The van der Waals surface area contributed by atoms with E-state index in [-0.39, 0.29) is 6.42 Å². The number of amides is 2. The van der Waals surface area contributed by atoms with Crippen molar-refractivity contribution in [1.82, 2.24) is 0 Å². The molecule has 0 radical (unpaired) electrons. The molecule has 7 heteroatoms. The first-order chi connectivity index (χ1) is 16.0. The summed E-state index contributed by atoms with van der Waals surface area (Å²) in [6.07, 6.45) is 0.294. The van der Waals surface area contributed by atoms with Crippen molar-refractivity contribution in [3.05, 3.63) is 53.3 Å². The summed E-state index contributed by atoms with van der Waals surface area (Å²) in [6, 6.07) is 10.1. The number of rotatable bonds is 11. The third-order valence-electron chi connectivity index (χ3n) is 5.62. The monoisotopic (exact) mass is 471 g/mol. The van der Waals surface area contributed by atoms with E-state index in [0.717, 1.165) is 5.56 Å². The summed E-state index contributed by atoms with van der Waals surface area (Å²) in [7, 11) is 0. The van der Waals surface area contributed by atoms with Crippen molar-refractivity contribution < 1.29 is 19.1 Å². The van der Waals surface area contributed by atoms with Crippen molar-refractivity contribution in [2.75, 3.05) is 28.6 Å². The van der Waals surface area contributed by atoms with Crippen molar-refractivity contribution in [3.63, 3.8) is 0 Å². The first kappa shape index (κ1) is 27.2. The molecule has 0 saturated heterocycles. The number of anilines is 3. The molecular weight excluding hydrogens is 433 g/mol. The van der Waals surface area contributed by atoms with Gasteiger partial charge in [-0.25, -0.2) is 9.18 Å². The van der Waals surface area contributed by atoms with Gasteiger partial charge in [-0.2, -0.15) is 0 Å². The van der Waals surface area contributed by atoms with Gasteiger partial charge in [0.1, 0.15) is 5.82 Å². The molecular formula is C27H38FN3O3. The molecule has 0 aliphatic carbocycles. The number of nitrogens with zero attached hydrogens (tertiary/aromatic N) is 1. The number of carboxylic acid groups (broad SMARTS) is 1. The zero-order valence-corrected chi connectivity index (χ0v) is 21.1. The molecule has 1 unspecified atom stereocenters. The Morgan fingerprint density at radius 1 is 1.00 bits per heavy atom. The Labute approximate surface area is 202 Å². The predicted molar refractivity (Wildman–Crippen MR) is 137 cm³/mol. The van der Waals surface area contributed by atoms with Crippen LogP contribution in [-0.4, -0.2) is 30.2 Å². The Bertz CT molecular complexity index is 981. The fourth-order valence-electron chi connectivity index (χ4n) is 4.08. The smallest absolute Gasteiger partial charge is 0.323 e. The van der Waals surface area contributed by atoms with Gasteiger partial charge < -0.3 is 20.6 Å². The normalized spacial score (nSPS) is 12.0. The highest BCUT2D eigenvalue weighted by atomic mass is 19.1. The molecule has 2 amide bonds. The molecule has 3 N–H and O–H groups in total. The number of aliphatic carboxylic acids is 1. The lowest BCUT2D eigenvalue weighted by Gasteiger charge is -2.31. The maximum Gasteiger partial charge on any atom is 0.323 e. The first-order valence-electron chi connectivity index (χ1n) is 12.0. The average molecular weight is 472 g/mol. The molecule has 0 aliphatic heterocycles. The number of hydrogen-bond acceptors (Lipinski definition) is 3. The van der Waals surface area contributed by atoms with Gasteiger partial charge in [0.2, 0.25) is 0 Å². The lowest BCUT2D eigenvalue weighted by Crippen LogP contribution is -2.33. The van der Waals surface area contributed by atoms with Crippen LogP contribution in [0.25, 0.3) is 0 Å². The van der Waals surface area contributed by atoms with Crippen molar-refractivity contribution in [3.8, 4) is 0 Å². The van der Waals surface area contributed by atoms with Crippen molar-refractivity contribution in [2.24, 2.45) is 11.8 Å². The number of para-hydroxylation sites is 1.